The zero-order valence-corrected chi connectivity index (χ0v) is 14.7. The van der Waals surface area contributed by atoms with Crippen molar-refractivity contribution in [2.24, 2.45) is 0 Å². The van der Waals surface area contributed by atoms with Gasteiger partial charge in [-0.3, -0.25) is 5.32 Å². The first-order valence-electron chi connectivity index (χ1n) is 8.93. The van der Waals surface area contributed by atoms with E-state index in [4.69, 9.17) is 0 Å². The highest BCUT2D eigenvalue weighted by atomic mass is 16.3. The van der Waals surface area contributed by atoms with E-state index in [-0.39, 0.29) is 6.03 Å². The zero-order chi connectivity index (χ0) is 18.6. The zero-order valence-electron chi connectivity index (χ0n) is 14.7. The molecule has 0 bridgehead atoms. The average Bonchev–Trinajstić information content (AvgIpc) is 2.69. The molecule has 1 aliphatic carbocycles. The molecule has 0 saturated heterocycles. The average molecular weight is 360 g/mol. The summed E-state index contributed by atoms with van der Waals surface area (Å²) >= 11 is 0. The van der Waals surface area contributed by atoms with E-state index in [0.717, 1.165) is 22.4 Å². The van der Waals surface area contributed by atoms with E-state index in [1.54, 1.807) is 0 Å². The van der Waals surface area contributed by atoms with Crippen LogP contribution in [0.2, 0.25) is 0 Å². The lowest BCUT2D eigenvalue weighted by atomic mass is 9.94. The number of anilines is 2. The number of amides is 2. The lowest BCUT2D eigenvalue weighted by molar-refractivity contribution is 0.157. The first-order valence-corrected chi connectivity index (χ1v) is 8.93. The molecule has 2 amide bonds. The maximum absolute atomic E-state index is 12.5. The van der Waals surface area contributed by atoms with Crippen LogP contribution in [0.3, 0.4) is 0 Å². The Morgan fingerprint density at radius 3 is 2.67 bits per heavy atom. The summed E-state index contributed by atoms with van der Waals surface area (Å²) in [6, 6.07) is 17.3. The van der Waals surface area contributed by atoms with Crippen LogP contribution in [0.1, 0.15) is 17.7 Å². The van der Waals surface area contributed by atoms with Crippen molar-refractivity contribution < 1.29 is 9.90 Å². The first kappa shape index (κ1) is 17.2. The number of aryl methyl sites for hydroxylation is 1. The SMILES string of the molecule is O=C(Nc1cccc(-c2ccccc2)c1)Nc1ncnc2c1CC(O)CC2. The summed E-state index contributed by atoms with van der Waals surface area (Å²) in [7, 11) is 0. The van der Waals surface area contributed by atoms with Crippen LogP contribution in [-0.4, -0.2) is 27.2 Å². The molecule has 2 aromatic carbocycles. The molecule has 27 heavy (non-hydrogen) atoms. The molecule has 3 aromatic rings. The van der Waals surface area contributed by atoms with Crippen molar-refractivity contribution in [1.29, 1.82) is 0 Å². The Balaban J connectivity index is 1.50. The fraction of sp³-hybridized carbons (Fsp3) is 0.190. The number of urea groups is 1. The quantitative estimate of drug-likeness (QED) is 0.665. The molecule has 0 saturated carbocycles. The molecule has 4 rings (SSSR count). The van der Waals surface area contributed by atoms with Gasteiger partial charge in [0.1, 0.15) is 12.1 Å². The van der Waals surface area contributed by atoms with Gasteiger partial charge in [-0.25, -0.2) is 14.8 Å². The van der Waals surface area contributed by atoms with Crippen LogP contribution in [-0.2, 0) is 12.8 Å². The number of nitrogens with one attached hydrogen (secondary N) is 2. The Kier molecular flexibility index (Phi) is 4.80. The standard InChI is InChI=1S/C21H20N4O2/c26-17-9-10-19-18(12-17)20(23-13-22-19)25-21(27)24-16-8-4-7-15(11-16)14-5-2-1-3-6-14/h1-8,11,13,17,26H,9-10,12H2,(H2,22,23,24,25,27). The van der Waals surface area contributed by atoms with Crippen LogP contribution in [0.4, 0.5) is 16.3 Å². The molecule has 1 heterocycles. The fourth-order valence-corrected chi connectivity index (χ4v) is 3.30. The Labute approximate surface area is 157 Å². The second-order valence-electron chi connectivity index (χ2n) is 6.57. The van der Waals surface area contributed by atoms with E-state index < -0.39 is 6.10 Å². The molecular weight excluding hydrogens is 340 g/mol. The van der Waals surface area contributed by atoms with Crippen molar-refractivity contribution in [2.75, 3.05) is 10.6 Å². The third-order valence-corrected chi connectivity index (χ3v) is 4.65. The highest BCUT2D eigenvalue weighted by Gasteiger charge is 2.22. The highest BCUT2D eigenvalue weighted by molar-refractivity contribution is 6.00. The number of aliphatic hydroxyl groups excluding tert-OH is 1. The topological polar surface area (TPSA) is 87.1 Å². The lowest BCUT2D eigenvalue weighted by Crippen LogP contribution is -2.25. The summed E-state index contributed by atoms with van der Waals surface area (Å²) < 4.78 is 0. The largest absolute Gasteiger partial charge is 0.393 e. The molecule has 3 N–H and O–H groups in total. The van der Waals surface area contributed by atoms with Gasteiger partial charge in [-0.05, 0) is 36.1 Å². The predicted octanol–water partition coefficient (Wildman–Crippen LogP) is 3.64. The van der Waals surface area contributed by atoms with Gasteiger partial charge >= 0.3 is 6.03 Å². The van der Waals surface area contributed by atoms with E-state index in [2.05, 4.69) is 20.6 Å². The van der Waals surface area contributed by atoms with Gasteiger partial charge < -0.3 is 10.4 Å². The molecule has 0 radical (unpaired) electrons. The van der Waals surface area contributed by atoms with Crippen LogP contribution in [0, 0.1) is 0 Å². The first-order chi connectivity index (χ1) is 13.2. The van der Waals surface area contributed by atoms with E-state index in [1.165, 1.54) is 6.33 Å². The predicted molar refractivity (Wildman–Crippen MR) is 105 cm³/mol. The molecule has 1 atom stereocenters. The van der Waals surface area contributed by atoms with Gasteiger partial charge in [-0.1, -0.05) is 42.5 Å². The summed E-state index contributed by atoms with van der Waals surface area (Å²) in [5.74, 6) is 0.454. The van der Waals surface area contributed by atoms with Crippen LogP contribution >= 0.6 is 0 Å². The number of benzene rings is 2. The minimum atomic E-state index is -0.422. The molecule has 136 valence electrons. The van der Waals surface area contributed by atoms with Crippen molar-refractivity contribution in [2.45, 2.75) is 25.4 Å². The Bertz CT molecular complexity index is 959. The maximum Gasteiger partial charge on any atom is 0.324 e. The van der Waals surface area contributed by atoms with Crippen molar-refractivity contribution in [3.05, 3.63) is 72.2 Å². The van der Waals surface area contributed by atoms with Crippen LogP contribution < -0.4 is 10.6 Å². The van der Waals surface area contributed by atoms with Gasteiger partial charge in [0.15, 0.2) is 0 Å². The molecule has 6 nitrogen and oxygen atoms in total. The number of aliphatic hydroxyl groups is 1. The summed E-state index contributed by atoms with van der Waals surface area (Å²) in [5.41, 5.74) is 4.49. The van der Waals surface area contributed by atoms with Crippen LogP contribution in [0.25, 0.3) is 11.1 Å². The molecule has 6 heteroatoms. The second kappa shape index (κ2) is 7.55. The number of fused-ring (bicyclic) bond motifs is 1. The third-order valence-electron chi connectivity index (χ3n) is 4.65. The molecule has 0 aliphatic heterocycles. The van der Waals surface area contributed by atoms with E-state index in [1.807, 2.05) is 54.6 Å². The molecule has 1 unspecified atom stereocenters. The summed E-state index contributed by atoms with van der Waals surface area (Å²) in [5, 5.41) is 15.5. The number of nitrogens with zero attached hydrogens (tertiary/aromatic N) is 2. The summed E-state index contributed by atoms with van der Waals surface area (Å²) in [4.78, 5) is 20.9. The Hall–Kier alpha value is -3.25. The summed E-state index contributed by atoms with van der Waals surface area (Å²) in [6.45, 7) is 0. The van der Waals surface area contributed by atoms with E-state index in [0.29, 0.717) is 30.8 Å². The van der Waals surface area contributed by atoms with Gasteiger partial charge in [0.25, 0.3) is 0 Å². The Morgan fingerprint density at radius 2 is 1.81 bits per heavy atom. The van der Waals surface area contributed by atoms with E-state index in [9.17, 15) is 9.90 Å². The minimum Gasteiger partial charge on any atom is -0.393 e. The number of hydrogen-bond acceptors (Lipinski definition) is 4. The second-order valence-corrected chi connectivity index (χ2v) is 6.57. The van der Waals surface area contributed by atoms with Crippen molar-refractivity contribution in [3.63, 3.8) is 0 Å². The minimum absolute atomic E-state index is 0.374. The van der Waals surface area contributed by atoms with Crippen LogP contribution in [0.5, 0.6) is 0 Å². The maximum atomic E-state index is 12.5. The lowest BCUT2D eigenvalue weighted by Gasteiger charge is -2.21. The van der Waals surface area contributed by atoms with Crippen molar-refractivity contribution in [1.82, 2.24) is 9.97 Å². The number of carbonyl (C=O) groups is 1. The van der Waals surface area contributed by atoms with Gasteiger partial charge in [0.2, 0.25) is 0 Å². The molecule has 1 aromatic heterocycles. The third kappa shape index (κ3) is 3.96. The highest BCUT2D eigenvalue weighted by Crippen LogP contribution is 2.25. The van der Waals surface area contributed by atoms with Gasteiger partial charge in [-0.15, -0.1) is 0 Å². The normalized spacial score (nSPS) is 15.7. The molecular formula is C21H20N4O2. The number of aromatic nitrogens is 2. The number of hydrogen-bond donors (Lipinski definition) is 3. The van der Waals surface area contributed by atoms with Crippen molar-refractivity contribution >= 4 is 17.5 Å². The number of carbonyl (C=O) groups excluding carboxylic acids is 1. The van der Waals surface area contributed by atoms with Crippen molar-refractivity contribution in [3.8, 4) is 11.1 Å². The molecule has 0 spiro atoms. The van der Waals surface area contributed by atoms with Crippen LogP contribution in [0.15, 0.2) is 60.9 Å². The van der Waals surface area contributed by atoms with Gasteiger partial charge in [0.05, 0.1) is 6.10 Å². The fourth-order valence-electron chi connectivity index (χ4n) is 3.30. The van der Waals surface area contributed by atoms with Gasteiger partial charge in [0, 0.05) is 23.4 Å². The van der Waals surface area contributed by atoms with E-state index >= 15 is 0 Å². The molecule has 0 fully saturated rings. The summed E-state index contributed by atoms with van der Waals surface area (Å²) in [6.07, 6.45) is 2.85. The smallest absolute Gasteiger partial charge is 0.324 e. The van der Waals surface area contributed by atoms with Gasteiger partial charge in [-0.2, -0.15) is 0 Å². The Morgan fingerprint density at radius 1 is 1.00 bits per heavy atom. The number of rotatable bonds is 3. The molecule has 1 aliphatic rings. The monoisotopic (exact) mass is 360 g/mol.